The lowest BCUT2D eigenvalue weighted by Crippen LogP contribution is -2.52. The molecule has 5 nitrogen and oxygen atoms in total. The van der Waals surface area contributed by atoms with E-state index < -0.39 is 12.0 Å². The highest BCUT2D eigenvalue weighted by atomic mass is 16.4. The maximum Gasteiger partial charge on any atom is 0.321 e. The van der Waals surface area contributed by atoms with Gasteiger partial charge < -0.3 is 10.4 Å². The molecule has 1 heterocycles. The number of likely N-dealkylation sites (tertiary alicyclic amines) is 1. The lowest BCUT2D eigenvalue weighted by atomic mass is 9.91. The molecule has 2 fully saturated rings. The van der Waals surface area contributed by atoms with Crippen molar-refractivity contribution in [3.63, 3.8) is 0 Å². The standard InChI is InChI=1S/C13H22N2O3/c1-9-3-2-6-15(12(9)13(17)18)8-11(16)14-7-10-4-5-10/h9-10,12H,2-8H2,1H3,(H,14,16)(H,17,18). The number of carboxylic acid groups (broad SMARTS) is 1. The maximum atomic E-state index is 11.8. The molecule has 0 spiro atoms. The third kappa shape index (κ3) is 3.45. The number of rotatable bonds is 5. The normalized spacial score (nSPS) is 28.9. The molecule has 2 atom stereocenters. The molecule has 1 amide bonds. The molecule has 1 saturated carbocycles. The van der Waals surface area contributed by atoms with Gasteiger partial charge in [0.25, 0.3) is 0 Å². The molecule has 0 aromatic heterocycles. The summed E-state index contributed by atoms with van der Waals surface area (Å²) in [6.07, 6.45) is 4.32. The average Bonchev–Trinajstić information content (AvgIpc) is 3.09. The number of amides is 1. The highest BCUT2D eigenvalue weighted by molar-refractivity contribution is 5.80. The Morgan fingerprint density at radius 3 is 2.67 bits per heavy atom. The zero-order valence-corrected chi connectivity index (χ0v) is 10.9. The molecule has 1 aliphatic carbocycles. The summed E-state index contributed by atoms with van der Waals surface area (Å²) < 4.78 is 0. The minimum atomic E-state index is -0.808. The van der Waals surface area contributed by atoms with Crippen molar-refractivity contribution in [3.8, 4) is 0 Å². The zero-order valence-electron chi connectivity index (χ0n) is 10.9. The predicted octanol–water partition coefficient (Wildman–Crippen LogP) is 0.698. The smallest absolute Gasteiger partial charge is 0.321 e. The van der Waals surface area contributed by atoms with E-state index in [1.165, 1.54) is 12.8 Å². The second kappa shape index (κ2) is 5.69. The SMILES string of the molecule is CC1CCCN(CC(=O)NCC2CC2)C1C(=O)O. The van der Waals surface area contributed by atoms with Crippen molar-refractivity contribution in [3.05, 3.63) is 0 Å². The molecule has 0 aromatic carbocycles. The monoisotopic (exact) mass is 254 g/mol. The van der Waals surface area contributed by atoms with E-state index in [2.05, 4.69) is 5.32 Å². The Labute approximate surface area is 108 Å². The van der Waals surface area contributed by atoms with Crippen molar-refractivity contribution in [2.75, 3.05) is 19.6 Å². The molecule has 1 aliphatic heterocycles. The minimum absolute atomic E-state index is 0.0396. The van der Waals surface area contributed by atoms with Gasteiger partial charge in [-0.15, -0.1) is 0 Å². The van der Waals surface area contributed by atoms with Gasteiger partial charge in [0.1, 0.15) is 6.04 Å². The Kier molecular flexibility index (Phi) is 4.22. The van der Waals surface area contributed by atoms with Crippen LogP contribution >= 0.6 is 0 Å². The molecule has 2 aliphatic rings. The number of carbonyl (C=O) groups excluding carboxylic acids is 1. The first kappa shape index (κ1) is 13.3. The second-order valence-corrected chi connectivity index (χ2v) is 5.62. The topological polar surface area (TPSA) is 69.6 Å². The molecule has 0 aromatic rings. The number of hydrogen-bond donors (Lipinski definition) is 2. The van der Waals surface area contributed by atoms with Gasteiger partial charge in [-0.05, 0) is 44.1 Å². The lowest BCUT2D eigenvalue weighted by molar-refractivity contribution is -0.147. The molecule has 18 heavy (non-hydrogen) atoms. The van der Waals surface area contributed by atoms with Gasteiger partial charge in [-0.1, -0.05) is 6.92 Å². The van der Waals surface area contributed by atoms with Crippen molar-refractivity contribution < 1.29 is 14.7 Å². The Morgan fingerprint density at radius 1 is 1.33 bits per heavy atom. The first-order valence-electron chi connectivity index (χ1n) is 6.81. The van der Waals surface area contributed by atoms with Gasteiger partial charge in [-0.3, -0.25) is 14.5 Å². The summed E-state index contributed by atoms with van der Waals surface area (Å²) in [4.78, 5) is 24.8. The molecular formula is C13H22N2O3. The van der Waals surface area contributed by atoms with Crippen LogP contribution < -0.4 is 5.32 Å². The number of carbonyl (C=O) groups is 2. The predicted molar refractivity (Wildman–Crippen MR) is 67.1 cm³/mol. The van der Waals surface area contributed by atoms with E-state index in [0.717, 1.165) is 19.4 Å². The first-order chi connectivity index (χ1) is 8.58. The molecule has 0 radical (unpaired) electrons. The van der Waals surface area contributed by atoms with Crippen LogP contribution in [-0.2, 0) is 9.59 Å². The van der Waals surface area contributed by atoms with Crippen LogP contribution in [0.25, 0.3) is 0 Å². The van der Waals surface area contributed by atoms with Crippen LogP contribution in [0, 0.1) is 11.8 Å². The fourth-order valence-electron chi connectivity index (χ4n) is 2.67. The minimum Gasteiger partial charge on any atom is -0.480 e. The van der Waals surface area contributed by atoms with Crippen LogP contribution in [0.3, 0.4) is 0 Å². The number of piperidine rings is 1. The number of nitrogens with zero attached hydrogens (tertiary/aromatic N) is 1. The van der Waals surface area contributed by atoms with Gasteiger partial charge in [-0.2, -0.15) is 0 Å². The van der Waals surface area contributed by atoms with Crippen LogP contribution in [-0.4, -0.2) is 47.6 Å². The molecular weight excluding hydrogens is 232 g/mol. The van der Waals surface area contributed by atoms with E-state index in [1.54, 1.807) is 4.90 Å². The molecule has 0 bridgehead atoms. The Bertz CT molecular complexity index is 328. The Hall–Kier alpha value is -1.10. The number of hydrogen-bond acceptors (Lipinski definition) is 3. The average molecular weight is 254 g/mol. The van der Waals surface area contributed by atoms with Crippen molar-refractivity contribution in [1.29, 1.82) is 0 Å². The highest BCUT2D eigenvalue weighted by Gasteiger charge is 2.35. The maximum absolute atomic E-state index is 11.8. The molecule has 2 unspecified atom stereocenters. The van der Waals surface area contributed by atoms with E-state index >= 15 is 0 Å². The summed E-state index contributed by atoms with van der Waals surface area (Å²) in [6.45, 7) is 3.62. The van der Waals surface area contributed by atoms with Gasteiger partial charge in [0.2, 0.25) is 5.91 Å². The molecule has 5 heteroatoms. The van der Waals surface area contributed by atoms with Gasteiger partial charge >= 0.3 is 5.97 Å². The quantitative estimate of drug-likeness (QED) is 0.757. The summed E-state index contributed by atoms with van der Waals surface area (Å²) in [5.74, 6) is -0.0728. The van der Waals surface area contributed by atoms with Crippen LogP contribution in [0.2, 0.25) is 0 Å². The highest BCUT2D eigenvalue weighted by Crippen LogP contribution is 2.27. The fourth-order valence-corrected chi connectivity index (χ4v) is 2.67. The van der Waals surface area contributed by atoms with E-state index in [0.29, 0.717) is 12.5 Å². The third-order valence-corrected chi connectivity index (χ3v) is 3.92. The van der Waals surface area contributed by atoms with Crippen LogP contribution in [0.4, 0.5) is 0 Å². The Morgan fingerprint density at radius 2 is 2.06 bits per heavy atom. The summed E-state index contributed by atoms with van der Waals surface area (Å²) >= 11 is 0. The van der Waals surface area contributed by atoms with E-state index in [-0.39, 0.29) is 18.4 Å². The van der Waals surface area contributed by atoms with Gasteiger partial charge in [0, 0.05) is 6.54 Å². The van der Waals surface area contributed by atoms with Crippen molar-refractivity contribution in [1.82, 2.24) is 10.2 Å². The summed E-state index contributed by atoms with van der Waals surface area (Å²) in [6, 6.07) is -0.509. The van der Waals surface area contributed by atoms with Crippen LogP contribution in [0.5, 0.6) is 0 Å². The summed E-state index contributed by atoms with van der Waals surface area (Å²) in [5.41, 5.74) is 0. The first-order valence-corrected chi connectivity index (χ1v) is 6.81. The van der Waals surface area contributed by atoms with Crippen LogP contribution in [0.15, 0.2) is 0 Å². The van der Waals surface area contributed by atoms with Crippen molar-refractivity contribution >= 4 is 11.9 Å². The summed E-state index contributed by atoms with van der Waals surface area (Å²) in [5, 5.41) is 12.1. The number of carboxylic acids is 1. The van der Waals surface area contributed by atoms with E-state index in [4.69, 9.17) is 0 Å². The van der Waals surface area contributed by atoms with Crippen molar-refractivity contribution in [2.24, 2.45) is 11.8 Å². The van der Waals surface area contributed by atoms with E-state index in [9.17, 15) is 14.7 Å². The summed E-state index contributed by atoms with van der Waals surface area (Å²) in [7, 11) is 0. The van der Waals surface area contributed by atoms with E-state index in [1.807, 2.05) is 6.92 Å². The Balaban J connectivity index is 1.84. The second-order valence-electron chi connectivity index (χ2n) is 5.62. The molecule has 2 N–H and O–H groups in total. The number of aliphatic carboxylic acids is 1. The lowest BCUT2D eigenvalue weighted by Gasteiger charge is -2.36. The van der Waals surface area contributed by atoms with Gasteiger partial charge in [0.15, 0.2) is 0 Å². The third-order valence-electron chi connectivity index (χ3n) is 3.92. The van der Waals surface area contributed by atoms with Gasteiger partial charge in [-0.25, -0.2) is 0 Å². The largest absolute Gasteiger partial charge is 0.480 e. The molecule has 1 saturated heterocycles. The van der Waals surface area contributed by atoms with Crippen LogP contribution in [0.1, 0.15) is 32.6 Å². The zero-order chi connectivity index (χ0) is 13.1. The van der Waals surface area contributed by atoms with Crippen molar-refractivity contribution in [2.45, 2.75) is 38.6 Å². The molecule has 102 valence electrons. The van der Waals surface area contributed by atoms with Gasteiger partial charge in [0.05, 0.1) is 6.54 Å². The molecule has 2 rings (SSSR count). The number of nitrogens with one attached hydrogen (secondary N) is 1. The fraction of sp³-hybridized carbons (Fsp3) is 0.846.